The lowest BCUT2D eigenvalue weighted by atomic mass is 10.1. The van der Waals surface area contributed by atoms with Gasteiger partial charge in [0.2, 0.25) is 0 Å². The van der Waals surface area contributed by atoms with Crippen LogP contribution < -0.4 is 4.74 Å². The molecular formula is C19H22FN3O3S. The Bertz CT molecular complexity index is 965. The Hall–Kier alpha value is -2.45. The number of fused-ring (bicyclic) bond motifs is 1. The number of carboxylic acid groups (broad SMARTS) is 1. The maximum Gasteiger partial charge on any atom is 0.355 e. The average Bonchev–Trinajstić information content (AvgIpc) is 3.17. The lowest BCUT2D eigenvalue weighted by molar-refractivity contribution is 0.0690. The van der Waals surface area contributed by atoms with Gasteiger partial charge in [0.1, 0.15) is 0 Å². The van der Waals surface area contributed by atoms with Crippen molar-refractivity contribution >= 4 is 28.2 Å². The van der Waals surface area contributed by atoms with Crippen LogP contribution in [0.3, 0.4) is 0 Å². The summed E-state index contributed by atoms with van der Waals surface area (Å²) in [4.78, 5) is 17.7. The molecule has 0 saturated carbocycles. The van der Waals surface area contributed by atoms with Gasteiger partial charge < -0.3 is 19.3 Å². The van der Waals surface area contributed by atoms with Crippen LogP contribution in [0, 0.1) is 5.82 Å². The van der Waals surface area contributed by atoms with E-state index < -0.39 is 11.8 Å². The summed E-state index contributed by atoms with van der Waals surface area (Å²) in [6, 6.07) is 3.24. The number of aryl methyl sites for hydroxylation is 2. The fourth-order valence-electron chi connectivity index (χ4n) is 3.08. The largest absolute Gasteiger partial charge is 0.490 e. The predicted octanol–water partition coefficient (Wildman–Crippen LogP) is 3.55. The van der Waals surface area contributed by atoms with Crippen molar-refractivity contribution in [3.63, 3.8) is 0 Å². The first-order valence-corrected chi connectivity index (χ1v) is 9.45. The van der Waals surface area contributed by atoms with E-state index in [1.807, 2.05) is 36.8 Å². The van der Waals surface area contributed by atoms with E-state index in [0.717, 1.165) is 23.0 Å². The molecule has 1 N–H and O–H groups in total. The van der Waals surface area contributed by atoms with Crippen LogP contribution >= 0.6 is 11.3 Å². The Labute approximate surface area is 160 Å². The Morgan fingerprint density at radius 2 is 2.19 bits per heavy atom. The number of hydrogen-bond donors (Lipinski definition) is 1. The zero-order chi connectivity index (χ0) is 19.6. The number of aromatic carboxylic acids is 1. The Kier molecular flexibility index (Phi) is 5.76. The summed E-state index contributed by atoms with van der Waals surface area (Å²) < 4.78 is 22.1. The second-order valence-electron chi connectivity index (χ2n) is 6.68. The molecule has 0 fully saturated rings. The van der Waals surface area contributed by atoms with Gasteiger partial charge in [-0.25, -0.2) is 14.2 Å². The lowest BCUT2D eigenvalue weighted by Gasteiger charge is -2.10. The van der Waals surface area contributed by atoms with Crippen molar-refractivity contribution in [2.75, 3.05) is 20.7 Å². The third kappa shape index (κ3) is 4.28. The summed E-state index contributed by atoms with van der Waals surface area (Å²) in [7, 11) is 5.89. The molecule has 6 nitrogen and oxygen atoms in total. The molecule has 1 aromatic carbocycles. The van der Waals surface area contributed by atoms with Gasteiger partial charge in [0.25, 0.3) is 0 Å². The number of ether oxygens (including phenoxy) is 1. The lowest BCUT2D eigenvalue weighted by Crippen LogP contribution is -2.10. The zero-order valence-electron chi connectivity index (χ0n) is 15.5. The van der Waals surface area contributed by atoms with Gasteiger partial charge in [0.05, 0.1) is 17.6 Å². The van der Waals surface area contributed by atoms with Crippen molar-refractivity contribution in [2.24, 2.45) is 7.05 Å². The SMILES string of the molecule is CN(C)Cc1cn(C)c2cc(OCCCc3scnc3C(=O)O)c(F)cc12. The van der Waals surface area contributed by atoms with E-state index in [2.05, 4.69) is 4.98 Å². The maximum absolute atomic E-state index is 14.5. The van der Waals surface area contributed by atoms with Crippen LogP contribution in [0.25, 0.3) is 10.9 Å². The second-order valence-corrected chi connectivity index (χ2v) is 7.62. The van der Waals surface area contributed by atoms with Crippen LogP contribution in [0.1, 0.15) is 27.3 Å². The number of nitrogens with zero attached hydrogens (tertiary/aromatic N) is 3. The molecule has 0 aliphatic heterocycles. The molecule has 0 aliphatic rings. The van der Waals surface area contributed by atoms with Crippen molar-refractivity contribution in [2.45, 2.75) is 19.4 Å². The van der Waals surface area contributed by atoms with E-state index in [9.17, 15) is 9.18 Å². The number of carboxylic acids is 1. The second kappa shape index (κ2) is 8.06. The highest BCUT2D eigenvalue weighted by Gasteiger charge is 2.15. The van der Waals surface area contributed by atoms with E-state index in [4.69, 9.17) is 9.84 Å². The number of benzene rings is 1. The highest BCUT2D eigenvalue weighted by molar-refractivity contribution is 7.09. The molecule has 0 amide bonds. The molecule has 2 heterocycles. The number of thiazole rings is 1. The molecule has 8 heteroatoms. The molecule has 0 bridgehead atoms. The van der Waals surface area contributed by atoms with Crippen molar-refractivity contribution < 1.29 is 19.0 Å². The van der Waals surface area contributed by atoms with Crippen LogP contribution in [-0.2, 0) is 20.0 Å². The van der Waals surface area contributed by atoms with Gasteiger partial charge in [0, 0.05) is 36.1 Å². The summed E-state index contributed by atoms with van der Waals surface area (Å²) in [5.41, 5.74) is 3.59. The standard InChI is InChI=1S/C19H22FN3O3S/c1-22(2)9-12-10-23(3)15-8-16(14(20)7-13(12)15)26-6-4-5-17-18(19(24)25)21-11-27-17/h7-8,10-11H,4-6,9H2,1-3H3,(H,24,25). The number of hydrogen-bond acceptors (Lipinski definition) is 5. The molecule has 0 unspecified atom stereocenters. The van der Waals surface area contributed by atoms with Gasteiger partial charge >= 0.3 is 5.97 Å². The van der Waals surface area contributed by atoms with Crippen molar-refractivity contribution in [1.82, 2.24) is 14.5 Å². The smallest absolute Gasteiger partial charge is 0.355 e. The molecule has 0 atom stereocenters. The Morgan fingerprint density at radius 3 is 2.89 bits per heavy atom. The fourth-order valence-corrected chi connectivity index (χ4v) is 3.88. The first-order chi connectivity index (χ1) is 12.9. The van der Waals surface area contributed by atoms with E-state index in [1.165, 1.54) is 22.9 Å². The number of carbonyl (C=O) groups is 1. The number of halogens is 1. The van der Waals surface area contributed by atoms with Crippen LogP contribution in [0.15, 0.2) is 23.8 Å². The molecule has 0 aliphatic carbocycles. The van der Waals surface area contributed by atoms with E-state index in [1.54, 1.807) is 6.07 Å². The third-order valence-electron chi connectivity index (χ3n) is 4.26. The Morgan fingerprint density at radius 1 is 1.41 bits per heavy atom. The van der Waals surface area contributed by atoms with Crippen molar-refractivity contribution in [1.29, 1.82) is 0 Å². The predicted molar refractivity (Wildman–Crippen MR) is 103 cm³/mol. The van der Waals surface area contributed by atoms with Gasteiger partial charge in [-0.05, 0) is 38.6 Å². The van der Waals surface area contributed by atoms with Gasteiger partial charge in [-0.3, -0.25) is 0 Å². The summed E-state index contributed by atoms with van der Waals surface area (Å²) >= 11 is 1.31. The summed E-state index contributed by atoms with van der Waals surface area (Å²) in [6.45, 7) is 1.03. The van der Waals surface area contributed by atoms with Gasteiger partial charge in [-0.1, -0.05) is 0 Å². The van der Waals surface area contributed by atoms with E-state index in [-0.39, 0.29) is 11.4 Å². The molecule has 0 radical (unpaired) electrons. The quantitative estimate of drug-likeness (QED) is 0.595. The first kappa shape index (κ1) is 19.3. The summed E-state index contributed by atoms with van der Waals surface area (Å²) in [5, 5.41) is 9.95. The minimum absolute atomic E-state index is 0.0878. The summed E-state index contributed by atoms with van der Waals surface area (Å²) in [6.07, 6.45) is 3.12. The van der Waals surface area contributed by atoms with Crippen LogP contribution in [0.5, 0.6) is 5.75 Å². The van der Waals surface area contributed by atoms with Crippen molar-refractivity contribution in [3.8, 4) is 5.75 Å². The van der Waals surface area contributed by atoms with E-state index >= 15 is 0 Å². The highest BCUT2D eigenvalue weighted by Crippen LogP contribution is 2.29. The fraction of sp³-hybridized carbons (Fsp3) is 0.368. The Balaban J connectivity index is 1.68. The molecule has 27 heavy (non-hydrogen) atoms. The molecule has 3 aromatic rings. The highest BCUT2D eigenvalue weighted by atomic mass is 32.1. The third-order valence-corrected chi connectivity index (χ3v) is 5.15. The molecule has 0 spiro atoms. The van der Waals surface area contributed by atoms with E-state index in [0.29, 0.717) is 24.3 Å². The average molecular weight is 391 g/mol. The maximum atomic E-state index is 14.5. The summed E-state index contributed by atoms with van der Waals surface area (Å²) in [5.74, 6) is -1.21. The van der Waals surface area contributed by atoms with Crippen LogP contribution in [-0.4, -0.2) is 46.2 Å². The number of rotatable bonds is 8. The molecule has 144 valence electrons. The minimum Gasteiger partial charge on any atom is -0.490 e. The molecule has 3 rings (SSSR count). The first-order valence-electron chi connectivity index (χ1n) is 8.57. The van der Waals surface area contributed by atoms with Crippen LogP contribution in [0.4, 0.5) is 4.39 Å². The number of aromatic nitrogens is 2. The van der Waals surface area contributed by atoms with Gasteiger partial charge in [-0.15, -0.1) is 11.3 Å². The van der Waals surface area contributed by atoms with Crippen molar-refractivity contribution in [3.05, 3.63) is 45.8 Å². The van der Waals surface area contributed by atoms with Gasteiger partial charge in [-0.2, -0.15) is 0 Å². The monoisotopic (exact) mass is 391 g/mol. The van der Waals surface area contributed by atoms with Gasteiger partial charge in [0.15, 0.2) is 17.3 Å². The zero-order valence-corrected chi connectivity index (χ0v) is 16.3. The molecule has 0 saturated heterocycles. The molecular weight excluding hydrogens is 369 g/mol. The topological polar surface area (TPSA) is 67.6 Å². The van der Waals surface area contributed by atoms with Crippen LogP contribution in [0.2, 0.25) is 0 Å². The minimum atomic E-state index is -1.03. The normalized spacial score (nSPS) is 11.4. The molecule has 2 aromatic heterocycles.